The molecule has 2 unspecified atom stereocenters. The van der Waals surface area contributed by atoms with Crippen molar-refractivity contribution in [3.8, 4) is 0 Å². The third kappa shape index (κ3) is 4.50. The van der Waals surface area contributed by atoms with Crippen molar-refractivity contribution < 1.29 is 18.7 Å². The Morgan fingerprint density at radius 1 is 1.00 bits per heavy atom. The summed E-state index contributed by atoms with van der Waals surface area (Å²) in [5.74, 6) is 2.10. The third-order valence-corrected chi connectivity index (χ3v) is 9.52. The van der Waals surface area contributed by atoms with Crippen LogP contribution in [0.25, 0.3) is 0 Å². The first-order valence-corrected chi connectivity index (χ1v) is 13.7. The standard InChI is InChI=1S/C28H38FN3O3/c29-23-5-3-22(4-6-23)25(31-8-10-35-11-9-31)18-30-26(33)24-2-1-7-32(24)27(34)28-15-19-12-20(16-28)14-21(13-19)17-28/h3-6,19-21,24-25H,1-2,7-18H2,(H,30,33). The predicted molar refractivity (Wildman–Crippen MR) is 130 cm³/mol. The Labute approximate surface area is 207 Å². The van der Waals surface area contributed by atoms with Crippen LogP contribution < -0.4 is 5.32 Å². The second-order valence-electron chi connectivity index (χ2n) is 11.8. The Kier molecular flexibility index (Phi) is 6.33. The first-order chi connectivity index (χ1) is 17.0. The van der Waals surface area contributed by atoms with Crippen LogP contribution in [-0.4, -0.2) is 67.0 Å². The molecule has 6 aliphatic rings. The van der Waals surface area contributed by atoms with Gasteiger partial charge in [0.15, 0.2) is 0 Å². The molecule has 2 atom stereocenters. The summed E-state index contributed by atoms with van der Waals surface area (Å²) in [6, 6.07) is 6.16. The summed E-state index contributed by atoms with van der Waals surface area (Å²) in [6.45, 7) is 4.00. The van der Waals surface area contributed by atoms with Crippen molar-refractivity contribution in [1.82, 2.24) is 15.1 Å². The van der Waals surface area contributed by atoms with E-state index in [0.717, 1.165) is 50.8 Å². The topological polar surface area (TPSA) is 61.9 Å². The summed E-state index contributed by atoms with van der Waals surface area (Å²) in [7, 11) is 0. The van der Waals surface area contributed by atoms with Crippen molar-refractivity contribution in [2.24, 2.45) is 23.2 Å². The van der Waals surface area contributed by atoms with Crippen molar-refractivity contribution in [2.45, 2.75) is 63.5 Å². The van der Waals surface area contributed by atoms with Crippen molar-refractivity contribution in [2.75, 3.05) is 39.4 Å². The number of nitrogens with zero attached hydrogens (tertiary/aromatic N) is 2. The third-order valence-electron chi connectivity index (χ3n) is 9.52. The first-order valence-electron chi connectivity index (χ1n) is 13.7. The lowest BCUT2D eigenvalue weighted by atomic mass is 9.49. The van der Waals surface area contributed by atoms with Gasteiger partial charge in [-0.2, -0.15) is 0 Å². The van der Waals surface area contributed by atoms with E-state index in [4.69, 9.17) is 4.74 Å². The fourth-order valence-corrected chi connectivity index (χ4v) is 8.31. The molecule has 2 aliphatic heterocycles. The average molecular weight is 484 g/mol. The number of hydrogen-bond donors (Lipinski definition) is 1. The summed E-state index contributed by atoms with van der Waals surface area (Å²) in [5.41, 5.74) is 0.781. The molecule has 0 aromatic heterocycles. The number of amides is 2. The molecule has 2 amide bonds. The zero-order chi connectivity index (χ0) is 24.0. The Bertz CT molecular complexity index is 910. The number of nitrogens with one attached hydrogen (secondary N) is 1. The van der Waals surface area contributed by atoms with Crippen LogP contribution in [0.3, 0.4) is 0 Å². The van der Waals surface area contributed by atoms with Crippen LogP contribution in [0.2, 0.25) is 0 Å². The molecular weight excluding hydrogens is 445 g/mol. The molecule has 4 aliphatic carbocycles. The van der Waals surface area contributed by atoms with Crippen LogP contribution in [0.4, 0.5) is 4.39 Å². The highest BCUT2D eigenvalue weighted by Crippen LogP contribution is 2.60. The number of halogens is 1. The minimum Gasteiger partial charge on any atom is -0.379 e. The first kappa shape index (κ1) is 23.4. The molecular formula is C28H38FN3O3. The molecule has 1 N–H and O–H groups in total. The summed E-state index contributed by atoms with van der Waals surface area (Å²) in [4.78, 5) is 31.6. The SMILES string of the molecule is O=C(NCC(c1ccc(F)cc1)N1CCOCC1)C1CCCN1C(=O)C12CC3CC(CC(C3)C1)C2. The van der Waals surface area contributed by atoms with Gasteiger partial charge in [0.1, 0.15) is 11.9 Å². The molecule has 4 bridgehead atoms. The van der Waals surface area contributed by atoms with Gasteiger partial charge in [0, 0.05) is 26.2 Å². The number of carbonyl (C=O) groups is 2. The van der Waals surface area contributed by atoms with Crippen molar-refractivity contribution in [3.05, 3.63) is 35.6 Å². The van der Waals surface area contributed by atoms with E-state index in [9.17, 15) is 14.0 Å². The van der Waals surface area contributed by atoms with E-state index in [1.54, 1.807) is 12.1 Å². The minimum absolute atomic E-state index is 0.0408. The zero-order valence-corrected chi connectivity index (χ0v) is 20.6. The van der Waals surface area contributed by atoms with Crippen LogP contribution in [0.1, 0.15) is 63.0 Å². The number of morpholine rings is 1. The molecule has 7 heteroatoms. The molecule has 2 heterocycles. The number of ether oxygens (including phenoxy) is 1. The van der Waals surface area contributed by atoms with E-state index in [-0.39, 0.29) is 35.1 Å². The molecule has 190 valence electrons. The van der Waals surface area contributed by atoms with Gasteiger partial charge in [0.05, 0.1) is 24.7 Å². The van der Waals surface area contributed by atoms with Crippen LogP contribution in [-0.2, 0) is 14.3 Å². The van der Waals surface area contributed by atoms with Crippen LogP contribution in [0, 0.1) is 29.0 Å². The molecule has 0 spiro atoms. The Morgan fingerprint density at radius 3 is 2.26 bits per heavy atom. The number of hydrogen-bond acceptors (Lipinski definition) is 4. The highest BCUT2D eigenvalue weighted by molar-refractivity contribution is 5.91. The molecule has 2 saturated heterocycles. The number of benzene rings is 1. The van der Waals surface area contributed by atoms with Crippen molar-refractivity contribution in [3.63, 3.8) is 0 Å². The molecule has 0 radical (unpaired) electrons. The van der Waals surface area contributed by atoms with E-state index in [0.29, 0.717) is 44.1 Å². The predicted octanol–water partition coefficient (Wildman–Crippen LogP) is 3.52. The molecule has 1 aromatic carbocycles. The monoisotopic (exact) mass is 483 g/mol. The van der Waals surface area contributed by atoms with Crippen LogP contribution >= 0.6 is 0 Å². The van der Waals surface area contributed by atoms with Gasteiger partial charge in [0.2, 0.25) is 11.8 Å². The maximum Gasteiger partial charge on any atom is 0.242 e. The molecule has 1 aromatic rings. The highest BCUT2D eigenvalue weighted by atomic mass is 19.1. The lowest BCUT2D eigenvalue weighted by Gasteiger charge is -2.56. The molecule has 6 fully saturated rings. The van der Waals surface area contributed by atoms with Gasteiger partial charge in [-0.15, -0.1) is 0 Å². The van der Waals surface area contributed by atoms with Crippen molar-refractivity contribution >= 4 is 11.8 Å². The largest absolute Gasteiger partial charge is 0.379 e. The Morgan fingerprint density at radius 2 is 1.63 bits per heavy atom. The fraction of sp³-hybridized carbons (Fsp3) is 0.714. The zero-order valence-electron chi connectivity index (χ0n) is 20.6. The van der Waals surface area contributed by atoms with Gasteiger partial charge in [-0.05, 0) is 86.8 Å². The number of carbonyl (C=O) groups excluding carboxylic acids is 2. The smallest absolute Gasteiger partial charge is 0.242 e. The average Bonchev–Trinajstić information content (AvgIpc) is 3.34. The van der Waals surface area contributed by atoms with E-state index >= 15 is 0 Å². The van der Waals surface area contributed by atoms with E-state index < -0.39 is 0 Å². The summed E-state index contributed by atoms with van der Waals surface area (Å²) in [5, 5.41) is 3.18. The highest BCUT2D eigenvalue weighted by Gasteiger charge is 2.56. The van der Waals surface area contributed by atoms with Crippen LogP contribution in [0.5, 0.6) is 0 Å². The van der Waals surface area contributed by atoms with Gasteiger partial charge in [-0.3, -0.25) is 14.5 Å². The van der Waals surface area contributed by atoms with E-state index in [1.165, 1.54) is 31.4 Å². The van der Waals surface area contributed by atoms with Crippen molar-refractivity contribution in [1.29, 1.82) is 0 Å². The van der Waals surface area contributed by atoms with E-state index in [2.05, 4.69) is 10.2 Å². The molecule has 7 rings (SSSR count). The van der Waals surface area contributed by atoms with Gasteiger partial charge >= 0.3 is 0 Å². The summed E-state index contributed by atoms with van der Waals surface area (Å²) >= 11 is 0. The Hall–Kier alpha value is -1.99. The maximum absolute atomic E-state index is 13.9. The quantitative estimate of drug-likeness (QED) is 0.673. The molecule has 35 heavy (non-hydrogen) atoms. The minimum atomic E-state index is -0.367. The van der Waals surface area contributed by atoms with Gasteiger partial charge in [-0.1, -0.05) is 12.1 Å². The lowest BCUT2D eigenvalue weighted by Crippen LogP contribution is -2.57. The Balaban J connectivity index is 1.14. The maximum atomic E-state index is 13.9. The lowest BCUT2D eigenvalue weighted by molar-refractivity contribution is -0.160. The van der Waals surface area contributed by atoms with Gasteiger partial charge in [-0.25, -0.2) is 4.39 Å². The van der Waals surface area contributed by atoms with Gasteiger partial charge in [0.25, 0.3) is 0 Å². The second-order valence-corrected chi connectivity index (χ2v) is 11.8. The summed E-state index contributed by atoms with van der Waals surface area (Å²) in [6.07, 6.45) is 8.66. The molecule has 6 nitrogen and oxygen atoms in total. The second kappa shape index (κ2) is 9.47. The fourth-order valence-electron chi connectivity index (χ4n) is 8.31. The summed E-state index contributed by atoms with van der Waals surface area (Å²) < 4.78 is 19.1. The molecule has 4 saturated carbocycles. The normalized spacial score (nSPS) is 35.3. The van der Waals surface area contributed by atoms with E-state index in [1.807, 2.05) is 4.90 Å². The van der Waals surface area contributed by atoms with Crippen LogP contribution in [0.15, 0.2) is 24.3 Å². The number of likely N-dealkylation sites (tertiary alicyclic amines) is 1. The number of rotatable bonds is 6. The van der Waals surface area contributed by atoms with Gasteiger partial charge < -0.3 is 15.0 Å².